The minimum atomic E-state index is -1.67. The van der Waals surface area contributed by atoms with E-state index in [1.807, 2.05) is 0 Å². The van der Waals surface area contributed by atoms with Gasteiger partial charge in [0.05, 0.1) is 11.4 Å². The number of para-hydroxylation sites is 1. The zero-order valence-corrected chi connectivity index (χ0v) is 17.8. The monoisotopic (exact) mass is 427 g/mol. The fourth-order valence-corrected chi connectivity index (χ4v) is 5.66. The van der Waals surface area contributed by atoms with E-state index in [-0.39, 0.29) is 5.57 Å². The van der Waals surface area contributed by atoms with Crippen molar-refractivity contribution >= 4 is 16.9 Å². The fourth-order valence-electron chi connectivity index (χ4n) is 5.66. The van der Waals surface area contributed by atoms with Crippen molar-refractivity contribution in [3.63, 3.8) is 0 Å². The Bertz CT molecular complexity index is 984. The highest BCUT2D eigenvalue weighted by atomic mass is 19.3. The maximum atomic E-state index is 13.5. The highest BCUT2D eigenvalue weighted by molar-refractivity contribution is 5.80. The number of hydrogen-bond acceptors (Lipinski definition) is 3. The Kier molecular flexibility index (Phi) is 5.42. The molecule has 2 aromatic rings. The van der Waals surface area contributed by atoms with Crippen molar-refractivity contribution in [2.75, 3.05) is 49.6 Å². The van der Waals surface area contributed by atoms with Crippen LogP contribution in [0.1, 0.15) is 36.3 Å². The molecular formula is C25H28F3N3. The van der Waals surface area contributed by atoms with Crippen molar-refractivity contribution in [2.24, 2.45) is 0 Å². The van der Waals surface area contributed by atoms with E-state index in [9.17, 15) is 13.2 Å². The smallest absolute Gasteiger partial charge is 0.274 e. The Morgan fingerprint density at radius 1 is 1.03 bits per heavy atom. The maximum absolute atomic E-state index is 13.5. The molecule has 0 radical (unpaired) electrons. The molecule has 2 atom stereocenters. The van der Waals surface area contributed by atoms with Crippen LogP contribution in [0.5, 0.6) is 0 Å². The lowest BCUT2D eigenvalue weighted by Crippen LogP contribution is -2.49. The molecule has 3 nitrogen and oxygen atoms in total. The second-order valence-corrected chi connectivity index (χ2v) is 8.94. The first-order valence-corrected chi connectivity index (χ1v) is 11.2. The zero-order chi connectivity index (χ0) is 21.5. The van der Waals surface area contributed by atoms with Crippen LogP contribution in [0, 0.1) is 5.82 Å². The molecule has 5 rings (SSSR count). The van der Waals surface area contributed by atoms with Crippen LogP contribution in [-0.2, 0) is 0 Å². The van der Waals surface area contributed by atoms with Gasteiger partial charge in [-0.25, -0.2) is 4.39 Å². The molecule has 1 saturated heterocycles. The van der Waals surface area contributed by atoms with Gasteiger partial charge in [0, 0.05) is 50.8 Å². The molecule has 1 fully saturated rings. The summed E-state index contributed by atoms with van der Waals surface area (Å²) in [6, 6.07) is 12.6. The number of likely N-dealkylation sites (N-methyl/N-ethyl adjacent to an activating group) is 1. The molecule has 3 aliphatic heterocycles. The standard InChI is InChI=1S/C25H28F3N3/c1-29-14-15-31-22-11-13-30(16-21(22)20-4-2-6-23(29)24(20)31)12-3-5-19(25(27)28)17-7-9-18(26)10-8-17/h2,4,6-10,21-22H,3,5,11-16H2,1H3. The van der Waals surface area contributed by atoms with Gasteiger partial charge in [-0.3, -0.25) is 0 Å². The van der Waals surface area contributed by atoms with Gasteiger partial charge in [-0.2, -0.15) is 8.78 Å². The molecule has 31 heavy (non-hydrogen) atoms. The van der Waals surface area contributed by atoms with Crippen LogP contribution in [0.15, 0.2) is 48.5 Å². The van der Waals surface area contributed by atoms with Crippen LogP contribution in [-0.4, -0.2) is 50.7 Å². The first kappa shape index (κ1) is 20.4. The lowest BCUT2D eigenvalue weighted by Gasteiger charge is -2.41. The molecule has 0 N–H and O–H groups in total. The minimum absolute atomic E-state index is 0.0332. The van der Waals surface area contributed by atoms with E-state index in [4.69, 9.17) is 0 Å². The number of halogens is 3. The average molecular weight is 428 g/mol. The first-order chi connectivity index (χ1) is 15.0. The average Bonchev–Trinajstić information content (AvgIpc) is 3.09. The zero-order valence-electron chi connectivity index (χ0n) is 17.8. The largest absolute Gasteiger partial charge is 0.371 e. The SMILES string of the molecule is CN1CCN2c3c(cccc31)C1CN(CCCC(=C(F)F)c3ccc(F)cc3)CCC12. The Morgan fingerprint density at radius 3 is 2.61 bits per heavy atom. The number of piperidine rings is 1. The van der Waals surface area contributed by atoms with Crippen molar-refractivity contribution in [1.29, 1.82) is 0 Å². The predicted molar refractivity (Wildman–Crippen MR) is 119 cm³/mol. The van der Waals surface area contributed by atoms with Crippen molar-refractivity contribution in [3.05, 3.63) is 65.5 Å². The molecule has 0 saturated carbocycles. The lowest BCUT2D eigenvalue weighted by atomic mass is 9.89. The molecule has 3 heterocycles. The summed E-state index contributed by atoms with van der Waals surface area (Å²) >= 11 is 0. The highest BCUT2D eigenvalue weighted by Crippen LogP contribution is 2.50. The number of rotatable bonds is 5. The van der Waals surface area contributed by atoms with Gasteiger partial charge in [-0.05, 0) is 55.1 Å². The topological polar surface area (TPSA) is 9.72 Å². The number of nitrogens with zero attached hydrogens (tertiary/aromatic N) is 3. The van der Waals surface area contributed by atoms with E-state index in [0.717, 1.165) is 39.1 Å². The summed E-state index contributed by atoms with van der Waals surface area (Å²) in [7, 11) is 2.16. The normalized spacial score (nSPS) is 22.3. The molecule has 164 valence electrons. The van der Waals surface area contributed by atoms with Gasteiger partial charge in [0.15, 0.2) is 0 Å². The number of anilines is 2. The molecular weight excluding hydrogens is 399 g/mol. The summed E-state index contributed by atoms with van der Waals surface area (Å²) in [4.78, 5) is 7.39. The molecule has 0 spiro atoms. The third kappa shape index (κ3) is 3.71. The molecule has 0 aliphatic carbocycles. The van der Waals surface area contributed by atoms with Crippen LogP contribution in [0.3, 0.4) is 0 Å². The Labute approximate surface area is 181 Å². The van der Waals surface area contributed by atoms with Crippen LogP contribution in [0.2, 0.25) is 0 Å². The molecule has 2 unspecified atom stereocenters. The molecule has 6 heteroatoms. The van der Waals surface area contributed by atoms with E-state index in [1.165, 1.54) is 41.2 Å². The lowest BCUT2D eigenvalue weighted by molar-refractivity contribution is 0.192. The van der Waals surface area contributed by atoms with Crippen LogP contribution >= 0.6 is 0 Å². The van der Waals surface area contributed by atoms with Crippen molar-refractivity contribution in [3.8, 4) is 0 Å². The van der Waals surface area contributed by atoms with Crippen LogP contribution in [0.25, 0.3) is 5.57 Å². The molecule has 0 aromatic heterocycles. The van der Waals surface area contributed by atoms with Gasteiger partial charge in [-0.15, -0.1) is 0 Å². The third-order valence-corrected chi connectivity index (χ3v) is 7.20. The van der Waals surface area contributed by atoms with E-state index in [0.29, 0.717) is 30.4 Å². The number of allylic oxidation sites excluding steroid dienone is 1. The summed E-state index contributed by atoms with van der Waals surface area (Å²) in [5.74, 6) is 0.0784. The van der Waals surface area contributed by atoms with Crippen molar-refractivity contribution in [1.82, 2.24) is 4.90 Å². The van der Waals surface area contributed by atoms with Crippen LogP contribution < -0.4 is 9.80 Å². The predicted octanol–water partition coefficient (Wildman–Crippen LogP) is 5.34. The minimum Gasteiger partial charge on any atom is -0.371 e. The molecule has 3 aliphatic rings. The van der Waals surface area contributed by atoms with E-state index in [1.54, 1.807) is 0 Å². The summed E-state index contributed by atoms with van der Waals surface area (Å²) < 4.78 is 40.2. The summed E-state index contributed by atoms with van der Waals surface area (Å²) in [5.41, 5.74) is 4.63. The second-order valence-electron chi connectivity index (χ2n) is 8.94. The fraction of sp³-hybridized carbons (Fsp3) is 0.440. The molecule has 0 amide bonds. The second kappa shape index (κ2) is 8.23. The Hall–Kier alpha value is -2.47. The van der Waals surface area contributed by atoms with Gasteiger partial charge in [-0.1, -0.05) is 24.3 Å². The van der Waals surface area contributed by atoms with E-state index in [2.05, 4.69) is 39.9 Å². The number of likely N-dealkylation sites (tertiary alicyclic amines) is 1. The summed E-state index contributed by atoms with van der Waals surface area (Å²) in [5, 5.41) is 0. The number of fused-ring (bicyclic) bond motifs is 3. The van der Waals surface area contributed by atoms with Crippen LogP contribution in [0.4, 0.5) is 24.5 Å². The molecule has 0 bridgehead atoms. The van der Waals surface area contributed by atoms with Gasteiger partial charge in [0.25, 0.3) is 6.08 Å². The quantitative estimate of drug-likeness (QED) is 0.638. The van der Waals surface area contributed by atoms with Gasteiger partial charge in [0.2, 0.25) is 0 Å². The Morgan fingerprint density at radius 2 is 1.84 bits per heavy atom. The van der Waals surface area contributed by atoms with Crippen molar-refractivity contribution < 1.29 is 13.2 Å². The first-order valence-electron chi connectivity index (χ1n) is 11.2. The number of hydrogen-bond donors (Lipinski definition) is 0. The van der Waals surface area contributed by atoms with Gasteiger partial charge >= 0.3 is 0 Å². The maximum Gasteiger partial charge on any atom is 0.274 e. The van der Waals surface area contributed by atoms with E-state index < -0.39 is 11.9 Å². The van der Waals surface area contributed by atoms with Crippen molar-refractivity contribution in [2.45, 2.75) is 31.2 Å². The molecule has 2 aromatic carbocycles. The van der Waals surface area contributed by atoms with Gasteiger partial charge < -0.3 is 14.7 Å². The number of benzene rings is 2. The summed E-state index contributed by atoms with van der Waals surface area (Å²) in [6.07, 6.45) is 0.415. The Balaban J connectivity index is 1.25. The third-order valence-electron chi connectivity index (χ3n) is 7.20. The highest BCUT2D eigenvalue weighted by Gasteiger charge is 2.44. The summed E-state index contributed by atoms with van der Waals surface area (Å²) in [6.45, 7) is 4.91. The van der Waals surface area contributed by atoms with Gasteiger partial charge in [0.1, 0.15) is 5.82 Å². The van der Waals surface area contributed by atoms with E-state index >= 15 is 0 Å².